The third kappa shape index (κ3) is 2.21. The van der Waals surface area contributed by atoms with Gasteiger partial charge in [0.15, 0.2) is 0 Å². The quantitative estimate of drug-likeness (QED) is 0.758. The Morgan fingerprint density at radius 1 is 1.50 bits per heavy atom. The normalized spacial score (nSPS) is 12.6. The molecule has 14 heavy (non-hydrogen) atoms. The minimum Gasteiger partial charge on any atom is -0.387 e. The molecule has 1 atom stereocenters. The molecule has 0 unspecified atom stereocenters. The van der Waals surface area contributed by atoms with Crippen LogP contribution in [0.3, 0.4) is 0 Å². The monoisotopic (exact) mass is 198 g/mol. The highest BCUT2D eigenvalue weighted by Crippen LogP contribution is 2.25. The maximum atomic E-state index is 12.9. The van der Waals surface area contributed by atoms with Crippen molar-refractivity contribution in [2.24, 2.45) is 5.73 Å². The van der Waals surface area contributed by atoms with E-state index in [0.29, 0.717) is 5.56 Å². The van der Waals surface area contributed by atoms with Gasteiger partial charge in [0.1, 0.15) is 5.82 Å². The standard InChI is InChI=1S/C10H15FN2O/c1-13(2)9-4-3-7(11)5-8(9)10(14)6-12/h3-5,10,14H,6,12H2,1-2H3/t10-/m0/s1. The second-order valence-corrected chi connectivity index (χ2v) is 3.35. The summed E-state index contributed by atoms with van der Waals surface area (Å²) >= 11 is 0. The highest BCUT2D eigenvalue weighted by atomic mass is 19.1. The molecule has 0 bridgehead atoms. The Morgan fingerprint density at radius 2 is 2.14 bits per heavy atom. The van der Waals surface area contributed by atoms with Crippen LogP contribution in [0.1, 0.15) is 11.7 Å². The molecule has 0 aliphatic heterocycles. The number of rotatable bonds is 3. The van der Waals surface area contributed by atoms with Gasteiger partial charge in [0.2, 0.25) is 0 Å². The number of benzene rings is 1. The van der Waals surface area contributed by atoms with Crippen LogP contribution in [-0.2, 0) is 0 Å². The zero-order valence-electron chi connectivity index (χ0n) is 8.37. The Balaban J connectivity index is 3.15. The van der Waals surface area contributed by atoms with Crippen molar-refractivity contribution in [2.75, 3.05) is 25.5 Å². The number of aliphatic hydroxyl groups is 1. The van der Waals surface area contributed by atoms with Crippen LogP contribution in [0.15, 0.2) is 18.2 Å². The maximum absolute atomic E-state index is 12.9. The highest BCUT2D eigenvalue weighted by molar-refractivity contribution is 5.53. The molecule has 0 spiro atoms. The molecule has 0 saturated heterocycles. The van der Waals surface area contributed by atoms with Gasteiger partial charge < -0.3 is 15.7 Å². The van der Waals surface area contributed by atoms with Crippen LogP contribution in [0.25, 0.3) is 0 Å². The molecule has 1 aromatic rings. The molecular formula is C10H15FN2O. The molecule has 78 valence electrons. The third-order valence-corrected chi connectivity index (χ3v) is 2.05. The summed E-state index contributed by atoms with van der Waals surface area (Å²) in [7, 11) is 3.67. The Kier molecular flexibility index (Phi) is 3.43. The number of hydrogen-bond acceptors (Lipinski definition) is 3. The van der Waals surface area contributed by atoms with Crippen molar-refractivity contribution in [1.29, 1.82) is 0 Å². The molecule has 0 heterocycles. The van der Waals surface area contributed by atoms with Crippen molar-refractivity contribution in [3.05, 3.63) is 29.6 Å². The number of anilines is 1. The van der Waals surface area contributed by atoms with Gasteiger partial charge in [-0.1, -0.05) is 0 Å². The molecule has 1 rings (SSSR count). The van der Waals surface area contributed by atoms with Crippen LogP contribution in [0, 0.1) is 5.82 Å². The molecule has 1 aromatic carbocycles. The predicted molar refractivity (Wildman–Crippen MR) is 54.7 cm³/mol. The second-order valence-electron chi connectivity index (χ2n) is 3.35. The van der Waals surface area contributed by atoms with E-state index in [-0.39, 0.29) is 12.4 Å². The van der Waals surface area contributed by atoms with E-state index in [1.54, 1.807) is 6.07 Å². The van der Waals surface area contributed by atoms with Crippen molar-refractivity contribution in [3.8, 4) is 0 Å². The molecule has 3 nitrogen and oxygen atoms in total. The number of halogens is 1. The molecular weight excluding hydrogens is 183 g/mol. The van der Waals surface area contributed by atoms with Gasteiger partial charge in [-0.3, -0.25) is 0 Å². The lowest BCUT2D eigenvalue weighted by molar-refractivity contribution is 0.186. The van der Waals surface area contributed by atoms with Crippen LogP contribution in [0.2, 0.25) is 0 Å². The molecule has 0 fully saturated rings. The lowest BCUT2D eigenvalue weighted by atomic mass is 10.1. The van der Waals surface area contributed by atoms with Gasteiger partial charge in [-0.15, -0.1) is 0 Å². The van der Waals surface area contributed by atoms with Crippen molar-refractivity contribution in [1.82, 2.24) is 0 Å². The summed E-state index contributed by atoms with van der Waals surface area (Å²) in [5.74, 6) is -0.363. The molecule has 0 saturated carbocycles. The molecule has 0 aliphatic carbocycles. The van der Waals surface area contributed by atoms with E-state index in [9.17, 15) is 9.50 Å². The number of nitrogens with zero attached hydrogens (tertiary/aromatic N) is 1. The first-order chi connectivity index (χ1) is 6.56. The Morgan fingerprint density at radius 3 is 2.64 bits per heavy atom. The zero-order valence-corrected chi connectivity index (χ0v) is 8.37. The zero-order chi connectivity index (χ0) is 10.7. The molecule has 0 amide bonds. The van der Waals surface area contributed by atoms with Gasteiger partial charge in [-0.2, -0.15) is 0 Å². The molecule has 0 aromatic heterocycles. The first-order valence-corrected chi connectivity index (χ1v) is 4.41. The van der Waals surface area contributed by atoms with Gasteiger partial charge in [0, 0.05) is 31.9 Å². The van der Waals surface area contributed by atoms with E-state index in [2.05, 4.69) is 0 Å². The van der Waals surface area contributed by atoms with Gasteiger partial charge in [-0.25, -0.2) is 4.39 Å². The van der Waals surface area contributed by atoms with Crippen molar-refractivity contribution < 1.29 is 9.50 Å². The highest BCUT2D eigenvalue weighted by Gasteiger charge is 2.12. The topological polar surface area (TPSA) is 49.5 Å². The van der Waals surface area contributed by atoms with Crippen LogP contribution >= 0.6 is 0 Å². The first-order valence-electron chi connectivity index (χ1n) is 4.41. The fourth-order valence-electron chi connectivity index (χ4n) is 1.33. The third-order valence-electron chi connectivity index (χ3n) is 2.05. The Hall–Kier alpha value is -1.13. The van der Waals surface area contributed by atoms with Gasteiger partial charge in [0.25, 0.3) is 0 Å². The van der Waals surface area contributed by atoms with Crippen molar-refractivity contribution >= 4 is 5.69 Å². The summed E-state index contributed by atoms with van der Waals surface area (Å²) in [4.78, 5) is 1.81. The molecule has 0 aliphatic rings. The second kappa shape index (κ2) is 4.39. The van der Waals surface area contributed by atoms with E-state index in [1.807, 2.05) is 19.0 Å². The number of hydrogen-bond donors (Lipinski definition) is 2. The summed E-state index contributed by atoms with van der Waals surface area (Å²) < 4.78 is 12.9. The Labute approximate surface area is 83.0 Å². The lowest BCUT2D eigenvalue weighted by Crippen LogP contribution is -2.17. The fraction of sp³-hybridized carbons (Fsp3) is 0.400. The summed E-state index contributed by atoms with van der Waals surface area (Å²) in [6, 6.07) is 4.30. The minimum atomic E-state index is -0.817. The first kappa shape index (κ1) is 10.9. The van der Waals surface area contributed by atoms with Gasteiger partial charge >= 0.3 is 0 Å². The van der Waals surface area contributed by atoms with E-state index in [1.165, 1.54) is 12.1 Å². The average Bonchev–Trinajstić information content (AvgIpc) is 2.16. The number of aliphatic hydroxyl groups excluding tert-OH is 1. The molecule has 4 heteroatoms. The summed E-state index contributed by atoms with van der Waals surface area (Å²) in [6.45, 7) is 0.0876. The van der Waals surface area contributed by atoms with E-state index in [4.69, 9.17) is 5.73 Å². The maximum Gasteiger partial charge on any atom is 0.123 e. The summed E-state index contributed by atoms with van der Waals surface area (Å²) in [5, 5.41) is 9.57. The SMILES string of the molecule is CN(C)c1ccc(F)cc1[C@@H](O)CN. The van der Waals surface area contributed by atoms with Gasteiger partial charge in [0.05, 0.1) is 6.10 Å². The number of nitrogens with two attached hydrogens (primary N) is 1. The summed E-state index contributed by atoms with van der Waals surface area (Å²) in [6.07, 6.45) is -0.817. The van der Waals surface area contributed by atoms with Crippen molar-refractivity contribution in [2.45, 2.75) is 6.10 Å². The largest absolute Gasteiger partial charge is 0.387 e. The molecule has 0 radical (unpaired) electrons. The van der Waals surface area contributed by atoms with Gasteiger partial charge in [-0.05, 0) is 18.2 Å². The van der Waals surface area contributed by atoms with E-state index >= 15 is 0 Å². The van der Waals surface area contributed by atoms with E-state index in [0.717, 1.165) is 5.69 Å². The van der Waals surface area contributed by atoms with Crippen LogP contribution in [0.4, 0.5) is 10.1 Å². The van der Waals surface area contributed by atoms with E-state index < -0.39 is 6.10 Å². The van der Waals surface area contributed by atoms with Crippen LogP contribution < -0.4 is 10.6 Å². The fourth-order valence-corrected chi connectivity index (χ4v) is 1.33. The van der Waals surface area contributed by atoms with Crippen LogP contribution in [0.5, 0.6) is 0 Å². The Bertz CT molecular complexity index is 315. The van der Waals surface area contributed by atoms with Crippen LogP contribution in [-0.4, -0.2) is 25.7 Å². The van der Waals surface area contributed by atoms with Crippen molar-refractivity contribution in [3.63, 3.8) is 0 Å². The smallest absolute Gasteiger partial charge is 0.123 e. The summed E-state index contributed by atoms with van der Waals surface area (Å²) in [5.41, 5.74) is 6.64. The average molecular weight is 198 g/mol. The molecule has 3 N–H and O–H groups in total. The lowest BCUT2D eigenvalue weighted by Gasteiger charge is -2.20. The minimum absolute atomic E-state index is 0.0876. The predicted octanol–water partition coefficient (Wildman–Crippen LogP) is 0.884.